The molecule has 0 saturated heterocycles. The average molecular weight is 337 g/mol. The topological polar surface area (TPSA) is 47.9 Å². The minimum Gasteiger partial charge on any atom is -0.428 e. The summed E-state index contributed by atoms with van der Waals surface area (Å²) in [4.78, 5) is 3.96. The van der Waals surface area contributed by atoms with Crippen LogP contribution >= 0.6 is 43.2 Å². The van der Waals surface area contributed by atoms with Crippen molar-refractivity contribution in [3.05, 3.63) is 26.8 Å². The van der Waals surface area contributed by atoms with Crippen LogP contribution in [0, 0.1) is 0 Å². The Kier molecular flexibility index (Phi) is 3.09. The third-order valence-corrected chi connectivity index (χ3v) is 2.93. The smallest absolute Gasteiger partial charge is 0.300 e. The molecule has 0 amide bonds. The van der Waals surface area contributed by atoms with E-state index >= 15 is 0 Å². The summed E-state index contributed by atoms with van der Waals surface area (Å²) in [6.45, 7) is 0. The molecule has 4 nitrogen and oxygen atoms in total. The van der Waals surface area contributed by atoms with E-state index in [0.717, 1.165) is 4.47 Å². The Morgan fingerprint density at radius 3 is 2.71 bits per heavy atom. The Hall–Kier alpha value is -0.530. The highest BCUT2D eigenvalue weighted by Crippen LogP contribution is 2.28. The highest BCUT2D eigenvalue weighted by Gasteiger charge is 2.04. The molecular weight excluding hydrogens is 334 g/mol. The van der Waals surface area contributed by atoms with E-state index in [1.807, 2.05) is 6.07 Å². The molecule has 2 heterocycles. The summed E-state index contributed by atoms with van der Waals surface area (Å²) in [6.07, 6.45) is 3.29. The second-order valence-corrected chi connectivity index (χ2v) is 5.39. The summed E-state index contributed by atoms with van der Waals surface area (Å²) >= 11 is 7.81. The first kappa shape index (κ1) is 10.0. The molecule has 7 heteroatoms. The van der Waals surface area contributed by atoms with Gasteiger partial charge in [-0.15, -0.1) is 5.10 Å². The minimum absolute atomic E-state index is 0.483. The predicted octanol–water partition coefficient (Wildman–Crippen LogP) is 3.25. The van der Waals surface area contributed by atoms with Gasteiger partial charge in [-0.1, -0.05) is 5.10 Å². The minimum atomic E-state index is 0.483. The Bertz CT molecular complexity index is 448. The normalized spacial score (nSPS) is 10.1. The van der Waals surface area contributed by atoms with Crippen LogP contribution in [0.4, 0.5) is 0 Å². The Labute approximate surface area is 101 Å². The lowest BCUT2D eigenvalue weighted by Crippen LogP contribution is -1.84. The highest BCUT2D eigenvalue weighted by molar-refractivity contribution is 9.11. The van der Waals surface area contributed by atoms with Crippen LogP contribution in [0.1, 0.15) is 0 Å². The molecule has 2 aromatic heterocycles. The fourth-order valence-electron chi connectivity index (χ4n) is 0.783. The number of hydrogen-bond acceptors (Lipinski definition) is 5. The van der Waals surface area contributed by atoms with E-state index in [1.165, 1.54) is 11.3 Å². The van der Waals surface area contributed by atoms with Crippen LogP contribution < -0.4 is 4.74 Å². The lowest BCUT2D eigenvalue weighted by molar-refractivity contribution is 0.470. The summed E-state index contributed by atoms with van der Waals surface area (Å²) in [5.74, 6) is 0.628. The average Bonchev–Trinajstić information content (AvgIpc) is 2.51. The van der Waals surface area contributed by atoms with E-state index in [-0.39, 0.29) is 0 Å². The second-order valence-electron chi connectivity index (χ2n) is 2.26. The largest absolute Gasteiger partial charge is 0.428 e. The Morgan fingerprint density at radius 2 is 2.07 bits per heavy atom. The summed E-state index contributed by atoms with van der Waals surface area (Å²) in [6, 6.07) is 1.81. The molecule has 0 N–H and O–H groups in total. The van der Waals surface area contributed by atoms with Gasteiger partial charge in [0.25, 0.3) is 5.19 Å². The molecule has 0 aliphatic carbocycles. The number of nitrogens with zero attached hydrogens (tertiary/aromatic N) is 3. The van der Waals surface area contributed by atoms with Crippen LogP contribution in [-0.4, -0.2) is 15.2 Å². The molecule has 2 aromatic rings. The van der Waals surface area contributed by atoms with Crippen LogP contribution in [0.2, 0.25) is 0 Å². The first-order valence-corrected chi connectivity index (χ1v) is 5.92. The number of aromatic nitrogens is 3. The molecule has 0 spiro atoms. The van der Waals surface area contributed by atoms with E-state index in [9.17, 15) is 0 Å². The van der Waals surface area contributed by atoms with Crippen LogP contribution in [0.3, 0.4) is 0 Å². The molecule has 0 saturated carbocycles. The molecule has 0 aliphatic rings. The van der Waals surface area contributed by atoms with Gasteiger partial charge in [0, 0.05) is 10.7 Å². The van der Waals surface area contributed by atoms with E-state index in [0.29, 0.717) is 14.9 Å². The van der Waals surface area contributed by atoms with Gasteiger partial charge in [-0.2, -0.15) is 0 Å². The fourth-order valence-corrected chi connectivity index (χ4v) is 2.07. The lowest BCUT2D eigenvalue weighted by Gasteiger charge is -1.99. The molecule has 72 valence electrons. The highest BCUT2D eigenvalue weighted by atomic mass is 79.9. The summed E-state index contributed by atoms with van der Waals surface area (Å²) in [7, 11) is 0. The Morgan fingerprint density at radius 1 is 1.21 bits per heavy atom. The van der Waals surface area contributed by atoms with Gasteiger partial charge in [0.15, 0.2) is 3.92 Å². The molecular formula is C7H3Br2N3OS. The summed E-state index contributed by atoms with van der Waals surface area (Å²) in [5, 5.41) is 8.04. The molecule has 0 aliphatic heterocycles. The van der Waals surface area contributed by atoms with Gasteiger partial charge in [0.2, 0.25) is 0 Å². The number of pyridine rings is 1. The van der Waals surface area contributed by atoms with Crippen molar-refractivity contribution in [2.24, 2.45) is 0 Å². The van der Waals surface area contributed by atoms with E-state index < -0.39 is 0 Å². The standard InChI is InChI=1S/C7H3Br2N3OS/c8-4-1-5(3-10-2-4)13-7-12-11-6(9)14-7/h1-3H. The third kappa shape index (κ3) is 2.49. The van der Waals surface area contributed by atoms with Gasteiger partial charge in [0.05, 0.1) is 6.20 Å². The molecule has 0 radical (unpaired) electrons. The zero-order valence-corrected chi connectivity index (χ0v) is 10.6. The van der Waals surface area contributed by atoms with Gasteiger partial charge < -0.3 is 4.74 Å². The van der Waals surface area contributed by atoms with Crippen molar-refractivity contribution in [1.82, 2.24) is 15.2 Å². The van der Waals surface area contributed by atoms with Crippen molar-refractivity contribution < 1.29 is 4.74 Å². The zero-order chi connectivity index (χ0) is 9.97. The molecule has 14 heavy (non-hydrogen) atoms. The number of rotatable bonds is 2. The van der Waals surface area contributed by atoms with Crippen molar-refractivity contribution in [3.8, 4) is 10.9 Å². The van der Waals surface area contributed by atoms with Crippen molar-refractivity contribution in [1.29, 1.82) is 0 Å². The van der Waals surface area contributed by atoms with Crippen LogP contribution in [0.15, 0.2) is 26.8 Å². The first-order valence-electron chi connectivity index (χ1n) is 3.51. The maximum atomic E-state index is 5.40. The molecule has 0 unspecified atom stereocenters. The van der Waals surface area contributed by atoms with Crippen molar-refractivity contribution in [2.45, 2.75) is 0 Å². The lowest BCUT2D eigenvalue weighted by atomic mass is 10.5. The maximum Gasteiger partial charge on any atom is 0.300 e. The van der Waals surface area contributed by atoms with Gasteiger partial charge in [-0.25, -0.2) is 0 Å². The van der Waals surface area contributed by atoms with E-state index in [2.05, 4.69) is 47.0 Å². The molecule has 0 atom stereocenters. The van der Waals surface area contributed by atoms with Gasteiger partial charge >= 0.3 is 0 Å². The molecule has 0 aromatic carbocycles. The SMILES string of the molecule is Brc1cncc(Oc2nnc(Br)s2)c1. The molecule has 0 fully saturated rings. The molecule has 0 bridgehead atoms. The molecule has 2 rings (SSSR count). The Balaban J connectivity index is 2.18. The van der Waals surface area contributed by atoms with Gasteiger partial charge in [-0.3, -0.25) is 4.98 Å². The van der Waals surface area contributed by atoms with Crippen LogP contribution in [0.5, 0.6) is 10.9 Å². The number of halogens is 2. The number of hydrogen-bond donors (Lipinski definition) is 0. The second kappa shape index (κ2) is 4.33. The number of ether oxygens (including phenoxy) is 1. The van der Waals surface area contributed by atoms with E-state index in [4.69, 9.17) is 4.74 Å². The fraction of sp³-hybridized carbons (Fsp3) is 0. The van der Waals surface area contributed by atoms with E-state index in [1.54, 1.807) is 12.4 Å². The van der Waals surface area contributed by atoms with Crippen molar-refractivity contribution in [3.63, 3.8) is 0 Å². The van der Waals surface area contributed by atoms with Gasteiger partial charge in [-0.05, 0) is 49.3 Å². The summed E-state index contributed by atoms with van der Waals surface area (Å²) < 4.78 is 6.95. The quantitative estimate of drug-likeness (QED) is 0.844. The first-order chi connectivity index (χ1) is 6.74. The maximum absolute atomic E-state index is 5.40. The monoisotopic (exact) mass is 335 g/mol. The van der Waals surface area contributed by atoms with Gasteiger partial charge in [0.1, 0.15) is 5.75 Å². The van der Waals surface area contributed by atoms with Crippen LogP contribution in [0.25, 0.3) is 0 Å². The third-order valence-electron chi connectivity index (χ3n) is 1.27. The van der Waals surface area contributed by atoms with Crippen molar-refractivity contribution >= 4 is 43.2 Å². The van der Waals surface area contributed by atoms with Crippen molar-refractivity contribution in [2.75, 3.05) is 0 Å². The predicted molar refractivity (Wildman–Crippen MR) is 59.6 cm³/mol. The zero-order valence-electron chi connectivity index (χ0n) is 6.65. The summed E-state index contributed by atoms with van der Waals surface area (Å²) in [5.41, 5.74) is 0. The van der Waals surface area contributed by atoms with Crippen LogP contribution in [-0.2, 0) is 0 Å².